The molecular formula is C12H23NO. The highest BCUT2D eigenvalue weighted by Crippen LogP contribution is 2.04. The molecule has 14 heavy (non-hydrogen) atoms. The van der Waals surface area contributed by atoms with Gasteiger partial charge in [0.1, 0.15) is 5.78 Å². The van der Waals surface area contributed by atoms with Gasteiger partial charge in [-0.2, -0.15) is 0 Å². The highest BCUT2D eigenvalue weighted by atomic mass is 16.1. The fraction of sp³-hybridized carbons (Fsp3) is 0.750. The van der Waals surface area contributed by atoms with Crippen LogP contribution in [0.1, 0.15) is 45.4 Å². The van der Waals surface area contributed by atoms with E-state index in [0.29, 0.717) is 12.3 Å². The molecule has 0 amide bonds. The number of carbonyl (C=O) groups is 1. The second kappa shape index (κ2) is 10.5. The van der Waals surface area contributed by atoms with Crippen LogP contribution >= 0.6 is 0 Å². The van der Waals surface area contributed by atoms with E-state index in [-0.39, 0.29) is 0 Å². The van der Waals surface area contributed by atoms with Gasteiger partial charge in [0.15, 0.2) is 0 Å². The summed E-state index contributed by atoms with van der Waals surface area (Å²) in [4.78, 5) is 11.3. The van der Waals surface area contributed by atoms with Gasteiger partial charge in [-0.1, -0.05) is 38.7 Å². The number of Topliss-reactive ketones (excluding diaryl/α,β-unsaturated/α-hetero) is 1. The van der Waals surface area contributed by atoms with Gasteiger partial charge in [0.25, 0.3) is 0 Å². The molecule has 0 saturated heterocycles. The van der Waals surface area contributed by atoms with Gasteiger partial charge >= 0.3 is 0 Å². The average molecular weight is 197 g/mol. The molecule has 0 saturated carbocycles. The van der Waals surface area contributed by atoms with Crippen molar-refractivity contribution in [2.45, 2.75) is 45.4 Å². The van der Waals surface area contributed by atoms with Crippen molar-refractivity contribution in [1.82, 2.24) is 5.32 Å². The lowest BCUT2D eigenvalue weighted by Gasteiger charge is -2.01. The number of unbranched alkanes of at least 4 members (excludes halogenated alkanes) is 4. The molecule has 0 heterocycles. The summed E-state index contributed by atoms with van der Waals surface area (Å²) in [5, 5.41) is 3.02. The molecule has 0 atom stereocenters. The van der Waals surface area contributed by atoms with Crippen molar-refractivity contribution in [3.05, 3.63) is 12.7 Å². The monoisotopic (exact) mass is 197 g/mol. The fourth-order valence-corrected chi connectivity index (χ4v) is 1.33. The maximum Gasteiger partial charge on any atom is 0.146 e. The molecule has 82 valence electrons. The first-order valence-electron chi connectivity index (χ1n) is 5.64. The highest BCUT2D eigenvalue weighted by Gasteiger charge is 1.99. The molecule has 0 fully saturated rings. The van der Waals surface area contributed by atoms with Gasteiger partial charge in [0, 0.05) is 13.0 Å². The van der Waals surface area contributed by atoms with E-state index in [4.69, 9.17) is 0 Å². The Morgan fingerprint density at radius 1 is 1.29 bits per heavy atom. The first-order valence-corrected chi connectivity index (χ1v) is 5.64. The van der Waals surface area contributed by atoms with Crippen molar-refractivity contribution in [3.8, 4) is 0 Å². The topological polar surface area (TPSA) is 29.1 Å². The fourth-order valence-electron chi connectivity index (χ4n) is 1.33. The van der Waals surface area contributed by atoms with Crippen LogP contribution in [0.4, 0.5) is 0 Å². The molecule has 2 heteroatoms. The standard InChI is InChI=1S/C12H23NO/c1-3-5-6-7-8-9-12(14)11-13-10-4-2/h4,13H,2-3,5-11H2,1H3. The van der Waals surface area contributed by atoms with Gasteiger partial charge in [0.05, 0.1) is 6.54 Å². The van der Waals surface area contributed by atoms with Crippen LogP contribution in [0.5, 0.6) is 0 Å². The number of hydrogen-bond donors (Lipinski definition) is 1. The van der Waals surface area contributed by atoms with Crippen LogP contribution in [-0.4, -0.2) is 18.9 Å². The Balaban J connectivity index is 3.14. The maximum atomic E-state index is 11.3. The second-order valence-corrected chi connectivity index (χ2v) is 3.62. The number of rotatable bonds is 10. The molecule has 0 aliphatic carbocycles. The molecule has 0 aromatic rings. The van der Waals surface area contributed by atoms with Gasteiger partial charge in [0.2, 0.25) is 0 Å². The summed E-state index contributed by atoms with van der Waals surface area (Å²) in [5.74, 6) is 0.323. The third-order valence-corrected chi connectivity index (χ3v) is 2.17. The van der Waals surface area contributed by atoms with E-state index >= 15 is 0 Å². The van der Waals surface area contributed by atoms with E-state index in [9.17, 15) is 4.79 Å². The molecule has 0 unspecified atom stereocenters. The lowest BCUT2D eigenvalue weighted by Crippen LogP contribution is -2.22. The Labute approximate surface area is 87.8 Å². The van der Waals surface area contributed by atoms with Crippen LogP contribution in [0, 0.1) is 0 Å². The normalized spacial score (nSPS) is 10.1. The quantitative estimate of drug-likeness (QED) is 0.431. The SMILES string of the molecule is C=CCNCC(=O)CCCCCCC. The van der Waals surface area contributed by atoms with Crippen molar-refractivity contribution in [2.24, 2.45) is 0 Å². The van der Waals surface area contributed by atoms with Crippen LogP contribution in [0.25, 0.3) is 0 Å². The second-order valence-electron chi connectivity index (χ2n) is 3.62. The number of nitrogens with one attached hydrogen (secondary N) is 1. The third-order valence-electron chi connectivity index (χ3n) is 2.17. The van der Waals surface area contributed by atoms with E-state index < -0.39 is 0 Å². The van der Waals surface area contributed by atoms with Crippen molar-refractivity contribution in [1.29, 1.82) is 0 Å². The third kappa shape index (κ3) is 9.46. The molecule has 0 rings (SSSR count). The summed E-state index contributed by atoms with van der Waals surface area (Å²) in [6.45, 7) is 7.00. The Hall–Kier alpha value is -0.630. The average Bonchev–Trinajstić information content (AvgIpc) is 2.18. The summed E-state index contributed by atoms with van der Waals surface area (Å²) in [5.41, 5.74) is 0. The van der Waals surface area contributed by atoms with Gasteiger partial charge in [-0.3, -0.25) is 4.79 Å². The van der Waals surface area contributed by atoms with E-state index in [1.54, 1.807) is 6.08 Å². The van der Waals surface area contributed by atoms with E-state index in [0.717, 1.165) is 19.4 Å². The van der Waals surface area contributed by atoms with Crippen molar-refractivity contribution < 1.29 is 4.79 Å². The first kappa shape index (κ1) is 13.4. The zero-order chi connectivity index (χ0) is 10.6. The van der Waals surface area contributed by atoms with Gasteiger partial charge < -0.3 is 5.32 Å². The highest BCUT2D eigenvalue weighted by molar-refractivity contribution is 5.80. The Bertz CT molecular complexity index is 154. The smallest absolute Gasteiger partial charge is 0.146 e. The number of ketones is 1. The summed E-state index contributed by atoms with van der Waals surface area (Å²) >= 11 is 0. The number of carbonyl (C=O) groups excluding carboxylic acids is 1. The first-order chi connectivity index (χ1) is 6.81. The minimum atomic E-state index is 0.323. The zero-order valence-electron chi connectivity index (χ0n) is 9.35. The van der Waals surface area contributed by atoms with Crippen molar-refractivity contribution >= 4 is 5.78 Å². The Kier molecular flexibility index (Phi) is 9.98. The summed E-state index contributed by atoms with van der Waals surface area (Å²) in [6, 6.07) is 0. The lowest BCUT2D eigenvalue weighted by molar-refractivity contribution is -0.118. The van der Waals surface area contributed by atoms with E-state index in [1.807, 2.05) is 0 Å². The minimum absolute atomic E-state index is 0.323. The molecule has 0 radical (unpaired) electrons. The van der Waals surface area contributed by atoms with Crippen LogP contribution in [-0.2, 0) is 4.79 Å². The van der Waals surface area contributed by atoms with Crippen molar-refractivity contribution in [2.75, 3.05) is 13.1 Å². The van der Waals surface area contributed by atoms with Gasteiger partial charge in [-0.15, -0.1) is 6.58 Å². The van der Waals surface area contributed by atoms with Crippen LogP contribution < -0.4 is 5.32 Å². The molecular weight excluding hydrogens is 174 g/mol. The molecule has 0 bridgehead atoms. The van der Waals surface area contributed by atoms with E-state index in [1.165, 1.54) is 25.7 Å². The molecule has 2 nitrogen and oxygen atoms in total. The molecule has 0 aromatic heterocycles. The minimum Gasteiger partial charge on any atom is -0.307 e. The Morgan fingerprint density at radius 3 is 2.64 bits per heavy atom. The van der Waals surface area contributed by atoms with E-state index in [2.05, 4.69) is 18.8 Å². The molecule has 0 spiro atoms. The Morgan fingerprint density at radius 2 is 2.00 bits per heavy atom. The van der Waals surface area contributed by atoms with Crippen LogP contribution in [0.3, 0.4) is 0 Å². The predicted molar refractivity (Wildman–Crippen MR) is 61.4 cm³/mol. The van der Waals surface area contributed by atoms with Gasteiger partial charge in [-0.25, -0.2) is 0 Å². The lowest BCUT2D eigenvalue weighted by atomic mass is 10.1. The predicted octanol–water partition coefficient (Wildman–Crippen LogP) is 2.69. The van der Waals surface area contributed by atoms with Crippen molar-refractivity contribution in [3.63, 3.8) is 0 Å². The summed E-state index contributed by atoms with van der Waals surface area (Å²) in [6.07, 6.45) is 8.57. The molecule has 1 N–H and O–H groups in total. The van der Waals surface area contributed by atoms with Crippen LogP contribution in [0.15, 0.2) is 12.7 Å². The summed E-state index contributed by atoms with van der Waals surface area (Å²) < 4.78 is 0. The maximum absolute atomic E-state index is 11.3. The molecule has 0 aliphatic rings. The molecule has 0 aromatic carbocycles. The zero-order valence-corrected chi connectivity index (χ0v) is 9.35. The number of hydrogen-bond acceptors (Lipinski definition) is 2. The largest absolute Gasteiger partial charge is 0.307 e. The van der Waals surface area contributed by atoms with Gasteiger partial charge in [-0.05, 0) is 6.42 Å². The summed E-state index contributed by atoms with van der Waals surface area (Å²) in [7, 11) is 0. The van der Waals surface area contributed by atoms with Crippen LogP contribution in [0.2, 0.25) is 0 Å². The molecule has 0 aliphatic heterocycles.